The number of likely N-dealkylation sites (N-methyl/N-ethyl adjacent to an activating group) is 2. The van der Waals surface area contributed by atoms with Crippen molar-refractivity contribution in [1.29, 1.82) is 0 Å². The molecule has 7 N–H and O–H groups in total. The lowest BCUT2D eigenvalue weighted by Crippen LogP contribution is -2.63. The van der Waals surface area contributed by atoms with E-state index in [0.29, 0.717) is 0 Å². The van der Waals surface area contributed by atoms with Gasteiger partial charge in [0.05, 0.1) is 23.8 Å². The van der Waals surface area contributed by atoms with E-state index < -0.39 is 110 Å². The smallest absolute Gasteiger partial charge is 0.417 e. The van der Waals surface area contributed by atoms with Gasteiger partial charge in [0.2, 0.25) is 5.78 Å². The average Bonchev–Trinajstić information content (AvgIpc) is 2.84. The number of hydrogen-bond donors (Lipinski definition) is 6. The Balaban J connectivity index is 1.93. The van der Waals surface area contributed by atoms with Gasteiger partial charge in [0.1, 0.15) is 22.8 Å². The highest BCUT2D eigenvalue weighted by Gasteiger charge is 2.63. The van der Waals surface area contributed by atoms with Gasteiger partial charge in [-0.2, -0.15) is 13.2 Å². The molecule has 0 fully saturated rings. The topological polar surface area (TPSA) is 185 Å². The zero-order valence-corrected chi connectivity index (χ0v) is 25.3. The number of amides is 1. The van der Waals surface area contributed by atoms with Crippen molar-refractivity contribution in [2.24, 2.45) is 23.0 Å². The number of alkyl halides is 3. The predicted molar refractivity (Wildman–Crippen MR) is 150 cm³/mol. The fraction of sp³-hybridized carbons (Fsp3) is 0.567. The van der Waals surface area contributed by atoms with Gasteiger partial charge in [-0.1, -0.05) is 20.8 Å². The monoisotopic (exact) mass is 625 g/mol. The highest BCUT2D eigenvalue weighted by atomic mass is 19.4. The number of nitrogens with two attached hydrogens (primary N) is 1. The molecule has 4 rings (SSSR count). The summed E-state index contributed by atoms with van der Waals surface area (Å²) in [5.41, 5.74) is -2.34. The van der Waals surface area contributed by atoms with Crippen molar-refractivity contribution in [1.82, 2.24) is 9.80 Å². The molecule has 0 aromatic heterocycles. The van der Waals surface area contributed by atoms with Crippen LogP contribution in [0, 0.1) is 17.3 Å². The number of phenols is 1. The van der Waals surface area contributed by atoms with Gasteiger partial charge in [0.15, 0.2) is 11.4 Å². The van der Waals surface area contributed by atoms with E-state index in [-0.39, 0.29) is 25.1 Å². The van der Waals surface area contributed by atoms with Crippen LogP contribution in [0.15, 0.2) is 28.7 Å². The molecule has 0 heterocycles. The maximum absolute atomic E-state index is 14.8. The maximum atomic E-state index is 14.8. The number of fused-ring (bicyclic) bond motifs is 3. The minimum Gasteiger partial charge on any atom is -0.510 e. The van der Waals surface area contributed by atoms with Crippen LogP contribution < -0.4 is 5.73 Å². The van der Waals surface area contributed by atoms with Crippen molar-refractivity contribution in [3.63, 3.8) is 0 Å². The van der Waals surface area contributed by atoms with Crippen LogP contribution in [0.2, 0.25) is 0 Å². The molecule has 0 unspecified atom stereocenters. The molecule has 1 aromatic rings. The fourth-order valence-electron chi connectivity index (χ4n) is 7.32. The third kappa shape index (κ3) is 4.97. The van der Waals surface area contributed by atoms with Gasteiger partial charge in [-0.05, 0) is 62.5 Å². The number of carbonyl (C=O) groups excluding carboxylic acids is 3. The molecule has 3 aliphatic carbocycles. The lowest BCUT2D eigenvalue weighted by Gasteiger charge is -2.50. The molecule has 0 bridgehead atoms. The first-order valence-corrected chi connectivity index (χ1v) is 14.0. The normalized spacial score (nSPS) is 26.6. The first kappa shape index (κ1) is 33.4. The number of halogens is 3. The molecule has 0 saturated heterocycles. The van der Waals surface area contributed by atoms with Crippen LogP contribution in [-0.4, -0.2) is 98.2 Å². The second-order valence-corrected chi connectivity index (χ2v) is 13.2. The molecule has 1 aromatic carbocycles. The fourth-order valence-corrected chi connectivity index (χ4v) is 7.32. The number of hydrogen-bond acceptors (Lipinski definition) is 10. The van der Waals surface area contributed by atoms with Crippen LogP contribution in [0.1, 0.15) is 54.2 Å². The molecule has 0 aliphatic heterocycles. The van der Waals surface area contributed by atoms with E-state index in [1.54, 1.807) is 0 Å². The summed E-state index contributed by atoms with van der Waals surface area (Å²) in [6.45, 7) is 4.78. The molecule has 242 valence electrons. The van der Waals surface area contributed by atoms with Crippen LogP contribution in [0.5, 0.6) is 5.75 Å². The van der Waals surface area contributed by atoms with Gasteiger partial charge in [-0.3, -0.25) is 24.2 Å². The highest BCUT2D eigenvalue weighted by Crippen LogP contribution is 2.54. The van der Waals surface area contributed by atoms with E-state index in [2.05, 4.69) is 0 Å². The number of nitrogens with zero attached hydrogens (tertiary/aromatic N) is 2. The maximum Gasteiger partial charge on any atom is 0.417 e. The van der Waals surface area contributed by atoms with E-state index in [4.69, 9.17) is 5.73 Å². The summed E-state index contributed by atoms with van der Waals surface area (Å²) in [5, 5.41) is 54.8. The van der Waals surface area contributed by atoms with E-state index in [9.17, 15) is 53.1 Å². The van der Waals surface area contributed by atoms with Crippen molar-refractivity contribution in [2.45, 2.75) is 64.0 Å². The minimum atomic E-state index is -4.98. The Hall–Kier alpha value is -3.46. The summed E-state index contributed by atoms with van der Waals surface area (Å²) in [4.78, 5) is 42.2. The molecule has 44 heavy (non-hydrogen) atoms. The minimum absolute atomic E-state index is 0.332. The van der Waals surface area contributed by atoms with Gasteiger partial charge in [0, 0.05) is 24.1 Å². The Kier molecular flexibility index (Phi) is 8.25. The van der Waals surface area contributed by atoms with Crippen LogP contribution in [0.25, 0.3) is 0 Å². The summed E-state index contributed by atoms with van der Waals surface area (Å²) in [5.74, 6) is -9.29. The summed E-state index contributed by atoms with van der Waals surface area (Å²) in [6.07, 6.45) is -5.82. The van der Waals surface area contributed by atoms with Crippen molar-refractivity contribution >= 4 is 17.5 Å². The predicted octanol–water partition coefficient (Wildman–Crippen LogP) is 1.98. The van der Waals surface area contributed by atoms with Gasteiger partial charge in [-0.25, -0.2) is 0 Å². The number of aliphatic hydroxyl groups excluding tert-OH is 3. The number of carbonyl (C=O) groups is 3. The van der Waals surface area contributed by atoms with Crippen molar-refractivity contribution in [3.8, 4) is 5.75 Å². The average molecular weight is 626 g/mol. The molecular weight excluding hydrogens is 587 g/mol. The second-order valence-electron chi connectivity index (χ2n) is 13.2. The van der Waals surface area contributed by atoms with Gasteiger partial charge in [-0.15, -0.1) is 0 Å². The Morgan fingerprint density at radius 2 is 1.73 bits per heavy atom. The molecule has 14 heteroatoms. The molecule has 11 nitrogen and oxygen atoms in total. The summed E-state index contributed by atoms with van der Waals surface area (Å²) < 4.78 is 44.4. The highest BCUT2D eigenvalue weighted by molar-refractivity contribution is 6.24. The summed E-state index contributed by atoms with van der Waals surface area (Å²) >= 11 is 0. The number of benzene rings is 1. The quantitative estimate of drug-likeness (QED) is 0.256. The number of ketones is 2. The van der Waals surface area contributed by atoms with E-state index in [1.165, 1.54) is 30.9 Å². The van der Waals surface area contributed by atoms with Crippen LogP contribution in [-0.2, 0) is 28.7 Å². The largest absolute Gasteiger partial charge is 0.510 e. The van der Waals surface area contributed by atoms with E-state index >= 15 is 0 Å². The van der Waals surface area contributed by atoms with Crippen LogP contribution in [0.3, 0.4) is 0 Å². The van der Waals surface area contributed by atoms with Crippen LogP contribution >= 0.6 is 0 Å². The van der Waals surface area contributed by atoms with E-state index in [0.717, 1.165) is 6.07 Å². The zero-order valence-electron chi connectivity index (χ0n) is 25.3. The lowest BCUT2D eigenvalue weighted by molar-refractivity contribution is -0.148. The van der Waals surface area contributed by atoms with Crippen molar-refractivity contribution in [3.05, 3.63) is 51.0 Å². The number of primary amides is 1. The second kappa shape index (κ2) is 10.9. The number of Topliss-reactive ketones (excluding diaryl/α,β-unsaturated/α-hetero) is 2. The molecule has 0 spiro atoms. The first-order valence-electron chi connectivity index (χ1n) is 14.0. The Morgan fingerprint density at radius 3 is 2.20 bits per heavy atom. The zero-order chi connectivity index (χ0) is 33.4. The van der Waals surface area contributed by atoms with Crippen LogP contribution in [0.4, 0.5) is 13.2 Å². The lowest BCUT2D eigenvalue weighted by atomic mass is 9.58. The number of allylic oxidation sites excluding steroid dienone is 1. The number of aliphatic hydroxyl groups is 4. The number of rotatable bonds is 6. The van der Waals surface area contributed by atoms with E-state index in [1.807, 2.05) is 20.8 Å². The van der Waals surface area contributed by atoms with Crippen molar-refractivity contribution < 1.29 is 53.1 Å². The molecule has 1 amide bonds. The van der Waals surface area contributed by atoms with Gasteiger partial charge >= 0.3 is 6.18 Å². The van der Waals surface area contributed by atoms with Gasteiger partial charge < -0.3 is 31.3 Å². The first-order chi connectivity index (χ1) is 20.1. The standard InChI is InChI=1S/C30H38F3N3O8/c1-28(2,3)17(11-37)36(6)10-13-9-16(38)19-14(21(13)30(31,32)33)7-12-8-15-22(35(4)5)24(40)20(27(34)43)26(42)29(15,44)25(41)18(12)23(19)39/h9,12,15,17,22,37-38,40-41,44H,7-8,10-11H2,1-6H3,(H2,34,43)/t12-,15-,17+,22-,29-/m0/s1. The molecule has 5 atom stereocenters. The summed E-state index contributed by atoms with van der Waals surface area (Å²) in [7, 11) is 4.44. The Bertz CT molecular complexity index is 1490. The third-order valence-corrected chi connectivity index (χ3v) is 9.21. The molecule has 0 radical (unpaired) electrons. The molecule has 3 aliphatic rings. The number of phenolic OH excluding ortho intramolecular Hbond substituents is 1. The Morgan fingerprint density at radius 1 is 1.14 bits per heavy atom. The molecular formula is C30H38F3N3O8. The SMILES string of the molecule is CN(C)[C@@H]1C(O)=C(C(N)=O)C(=O)[C@@]2(O)C(O)=C3C(=O)c4c(O)cc(CN(C)[C@H](CO)C(C)(C)C)c(C(F)(F)F)c4C[C@H]3C[C@@H]12. The van der Waals surface area contributed by atoms with Crippen molar-refractivity contribution in [2.75, 3.05) is 27.7 Å². The molecule has 0 saturated carbocycles. The third-order valence-electron chi connectivity index (χ3n) is 9.21. The number of aromatic hydroxyl groups is 1. The Labute approximate surface area is 252 Å². The van der Waals surface area contributed by atoms with Gasteiger partial charge in [0.25, 0.3) is 5.91 Å². The summed E-state index contributed by atoms with van der Waals surface area (Å²) in [6, 6.07) is -1.00.